The molecule has 0 aliphatic rings. The minimum Gasteiger partial charge on any atom is -0.338 e. The van der Waals surface area contributed by atoms with Crippen molar-refractivity contribution in [3.8, 4) is 5.82 Å². The molecule has 0 saturated heterocycles. The third kappa shape index (κ3) is 4.34. The van der Waals surface area contributed by atoms with Gasteiger partial charge in [-0.2, -0.15) is 5.10 Å². The van der Waals surface area contributed by atoms with Crippen molar-refractivity contribution < 1.29 is 4.79 Å². The number of nitrogens with zero attached hydrogens (tertiary/aromatic N) is 3. The van der Waals surface area contributed by atoms with Crippen LogP contribution in [-0.4, -0.2) is 27.3 Å². The molecule has 0 spiro atoms. The van der Waals surface area contributed by atoms with Gasteiger partial charge in [-0.1, -0.05) is 12.1 Å². The lowest BCUT2D eigenvalue weighted by molar-refractivity contribution is 0.252. The summed E-state index contributed by atoms with van der Waals surface area (Å²) < 4.78 is 1.85. The van der Waals surface area contributed by atoms with E-state index in [9.17, 15) is 4.79 Å². The van der Waals surface area contributed by atoms with E-state index < -0.39 is 0 Å². The molecule has 140 valence electrons. The van der Waals surface area contributed by atoms with E-state index in [2.05, 4.69) is 27.6 Å². The molecule has 0 fully saturated rings. The van der Waals surface area contributed by atoms with E-state index in [0.717, 1.165) is 34.0 Å². The zero-order valence-electron chi connectivity index (χ0n) is 16.2. The highest BCUT2D eigenvalue weighted by Crippen LogP contribution is 2.17. The first kappa shape index (κ1) is 18.6. The predicted octanol–water partition coefficient (Wildman–Crippen LogP) is 3.87. The lowest BCUT2D eigenvalue weighted by Crippen LogP contribution is -2.30. The van der Waals surface area contributed by atoms with Crippen LogP contribution in [0.1, 0.15) is 28.1 Å². The van der Waals surface area contributed by atoms with Crippen LogP contribution < -0.4 is 10.6 Å². The van der Waals surface area contributed by atoms with E-state index in [-0.39, 0.29) is 6.03 Å². The van der Waals surface area contributed by atoms with Crippen LogP contribution in [0.25, 0.3) is 5.82 Å². The van der Waals surface area contributed by atoms with Crippen LogP contribution in [0.2, 0.25) is 0 Å². The Morgan fingerprint density at radius 2 is 1.89 bits per heavy atom. The molecule has 27 heavy (non-hydrogen) atoms. The molecule has 2 aromatic heterocycles. The molecule has 6 heteroatoms. The second-order valence-corrected chi connectivity index (χ2v) is 6.68. The van der Waals surface area contributed by atoms with E-state index in [1.54, 1.807) is 6.20 Å². The number of carbonyl (C=O) groups is 1. The van der Waals surface area contributed by atoms with E-state index in [4.69, 9.17) is 0 Å². The van der Waals surface area contributed by atoms with Gasteiger partial charge in [-0.25, -0.2) is 14.5 Å². The fourth-order valence-electron chi connectivity index (χ4n) is 3.03. The van der Waals surface area contributed by atoms with Gasteiger partial charge in [0.05, 0.1) is 5.69 Å². The average molecular weight is 363 g/mol. The summed E-state index contributed by atoms with van der Waals surface area (Å²) in [6.45, 7) is 8.63. The van der Waals surface area contributed by atoms with Gasteiger partial charge in [0.15, 0.2) is 5.82 Å². The van der Waals surface area contributed by atoms with Crippen molar-refractivity contribution in [2.24, 2.45) is 0 Å². The molecule has 6 nitrogen and oxygen atoms in total. The van der Waals surface area contributed by atoms with Crippen molar-refractivity contribution in [1.82, 2.24) is 20.1 Å². The van der Waals surface area contributed by atoms with Crippen LogP contribution in [0.5, 0.6) is 0 Å². The summed E-state index contributed by atoms with van der Waals surface area (Å²) in [7, 11) is 0. The van der Waals surface area contributed by atoms with Crippen molar-refractivity contribution in [3.63, 3.8) is 0 Å². The Morgan fingerprint density at radius 3 is 2.59 bits per heavy atom. The Bertz CT molecular complexity index is 947. The van der Waals surface area contributed by atoms with Crippen molar-refractivity contribution in [2.45, 2.75) is 34.1 Å². The van der Waals surface area contributed by atoms with Gasteiger partial charge in [0.1, 0.15) is 0 Å². The van der Waals surface area contributed by atoms with Crippen molar-refractivity contribution in [2.75, 3.05) is 11.9 Å². The summed E-state index contributed by atoms with van der Waals surface area (Å²) in [5.74, 6) is 0.796. The number of aromatic nitrogens is 3. The number of pyridine rings is 1. The maximum atomic E-state index is 12.1. The van der Waals surface area contributed by atoms with Crippen LogP contribution in [0.4, 0.5) is 10.5 Å². The van der Waals surface area contributed by atoms with E-state index >= 15 is 0 Å². The van der Waals surface area contributed by atoms with Crippen LogP contribution in [0.3, 0.4) is 0 Å². The molecule has 0 radical (unpaired) electrons. The third-order valence-electron chi connectivity index (χ3n) is 4.73. The fourth-order valence-corrected chi connectivity index (χ4v) is 3.03. The minimum atomic E-state index is -0.203. The molecule has 0 aliphatic carbocycles. The Kier molecular flexibility index (Phi) is 5.54. The summed E-state index contributed by atoms with van der Waals surface area (Å²) in [5, 5.41) is 10.4. The number of amides is 2. The number of rotatable bonds is 5. The number of anilines is 1. The lowest BCUT2D eigenvalue weighted by Gasteiger charge is -2.09. The SMILES string of the molecule is Cc1ccc(NC(=O)NCCc2c(C)nn(-c3ccccn3)c2C)cc1C. The summed E-state index contributed by atoms with van der Waals surface area (Å²) in [6, 6.07) is 11.4. The number of urea groups is 1. The van der Waals surface area contributed by atoms with E-state index in [1.807, 2.05) is 61.9 Å². The molecular weight excluding hydrogens is 338 g/mol. The van der Waals surface area contributed by atoms with Crippen molar-refractivity contribution in [3.05, 3.63) is 70.7 Å². The van der Waals surface area contributed by atoms with Gasteiger partial charge in [0.25, 0.3) is 0 Å². The number of hydrogen-bond donors (Lipinski definition) is 2. The fraction of sp³-hybridized carbons (Fsp3) is 0.286. The summed E-state index contributed by atoms with van der Waals surface area (Å²) >= 11 is 0. The van der Waals surface area contributed by atoms with E-state index in [1.165, 1.54) is 5.56 Å². The maximum Gasteiger partial charge on any atom is 0.319 e. The number of nitrogens with one attached hydrogen (secondary N) is 2. The Morgan fingerprint density at radius 1 is 1.07 bits per heavy atom. The normalized spacial score (nSPS) is 10.7. The zero-order chi connectivity index (χ0) is 19.4. The van der Waals surface area contributed by atoms with Gasteiger partial charge >= 0.3 is 6.03 Å². The number of hydrogen-bond acceptors (Lipinski definition) is 3. The monoisotopic (exact) mass is 363 g/mol. The van der Waals surface area contributed by atoms with Gasteiger partial charge in [0, 0.05) is 24.1 Å². The zero-order valence-corrected chi connectivity index (χ0v) is 16.2. The molecule has 0 saturated carbocycles. The molecule has 0 atom stereocenters. The standard InChI is InChI=1S/C21H25N5O/c1-14-8-9-18(13-15(14)2)24-21(27)23-12-10-19-16(3)25-26(17(19)4)20-7-5-6-11-22-20/h5-9,11,13H,10,12H2,1-4H3,(H2,23,24,27). The van der Waals surface area contributed by atoms with Gasteiger partial charge in [0.2, 0.25) is 0 Å². The molecule has 0 unspecified atom stereocenters. The number of carbonyl (C=O) groups excluding carboxylic acids is 1. The second-order valence-electron chi connectivity index (χ2n) is 6.68. The van der Waals surface area contributed by atoms with Crippen LogP contribution in [0.15, 0.2) is 42.6 Å². The molecule has 3 aromatic rings. The van der Waals surface area contributed by atoms with Crippen LogP contribution in [0, 0.1) is 27.7 Å². The van der Waals surface area contributed by atoms with Crippen LogP contribution in [-0.2, 0) is 6.42 Å². The molecule has 3 rings (SSSR count). The predicted molar refractivity (Wildman–Crippen MR) is 107 cm³/mol. The van der Waals surface area contributed by atoms with E-state index in [0.29, 0.717) is 13.0 Å². The number of benzene rings is 1. The highest BCUT2D eigenvalue weighted by molar-refractivity contribution is 5.89. The first-order valence-corrected chi connectivity index (χ1v) is 9.04. The van der Waals surface area contributed by atoms with Gasteiger partial charge in [-0.05, 0) is 75.1 Å². The molecule has 2 heterocycles. The average Bonchev–Trinajstić information content (AvgIpc) is 2.93. The lowest BCUT2D eigenvalue weighted by atomic mass is 10.1. The molecule has 2 N–H and O–H groups in total. The van der Waals surface area contributed by atoms with Crippen molar-refractivity contribution >= 4 is 11.7 Å². The maximum absolute atomic E-state index is 12.1. The summed E-state index contributed by atoms with van der Waals surface area (Å²) in [4.78, 5) is 16.5. The third-order valence-corrected chi connectivity index (χ3v) is 4.73. The Balaban J connectivity index is 1.59. The highest BCUT2D eigenvalue weighted by atomic mass is 16.2. The Labute approximate surface area is 159 Å². The molecule has 1 aromatic carbocycles. The largest absolute Gasteiger partial charge is 0.338 e. The topological polar surface area (TPSA) is 71.8 Å². The highest BCUT2D eigenvalue weighted by Gasteiger charge is 2.13. The smallest absolute Gasteiger partial charge is 0.319 e. The minimum absolute atomic E-state index is 0.203. The molecule has 0 bridgehead atoms. The summed E-state index contributed by atoms with van der Waals surface area (Å²) in [6.07, 6.45) is 2.47. The van der Waals surface area contributed by atoms with Crippen molar-refractivity contribution in [1.29, 1.82) is 0 Å². The second kappa shape index (κ2) is 8.03. The number of aryl methyl sites for hydroxylation is 3. The first-order valence-electron chi connectivity index (χ1n) is 9.04. The van der Waals surface area contributed by atoms with Gasteiger partial charge in [-0.3, -0.25) is 0 Å². The van der Waals surface area contributed by atoms with Crippen LogP contribution >= 0.6 is 0 Å². The molecule has 2 amide bonds. The van der Waals surface area contributed by atoms with Gasteiger partial charge in [-0.15, -0.1) is 0 Å². The van der Waals surface area contributed by atoms with Gasteiger partial charge < -0.3 is 10.6 Å². The summed E-state index contributed by atoms with van der Waals surface area (Å²) in [5.41, 5.74) is 6.29. The molecule has 0 aliphatic heterocycles. The molecular formula is C21H25N5O. The Hall–Kier alpha value is -3.15. The quantitative estimate of drug-likeness (QED) is 0.723. The first-order chi connectivity index (χ1) is 13.0.